The van der Waals surface area contributed by atoms with Crippen LogP contribution in [-0.2, 0) is 4.57 Å². The van der Waals surface area contributed by atoms with E-state index >= 15 is 0 Å². The smallest absolute Gasteiger partial charge is 0.323 e. The van der Waals surface area contributed by atoms with Gasteiger partial charge in [-0.2, -0.15) is 0 Å². The number of pyridine rings is 1. The van der Waals surface area contributed by atoms with Crippen molar-refractivity contribution in [3.63, 3.8) is 0 Å². The Balaban J connectivity index is 2.02. The van der Waals surface area contributed by atoms with E-state index < -0.39 is 13.4 Å². The first-order valence-electron chi connectivity index (χ1n) is 7.88. The molecule has 0 fully saturated rings. The summed E-state index contributed by atoms with van der Waals surface area (Å²) < 4.78 is 12.1. The maximum atomic E-state index is 12.1. The Bertz CT molecular complexity index is 799. The topological polar surface area (TPSA) is 82.5 Å². The van der Waals surface area contributed by atoms with Gasteiger partial charge in [-0.3, -0.25) is 14.9 Å². The zero-order valence-corrected chi connectivity index (χ0v) is 14.3. The minimum Gasteiger partial charge on any atom is -0.323 e. The van der Waals surface area contributed by atoms with Crippen LogP contribution in [0.25, 0.3) is 0 Å². The first-order valence-corrected chi connectivity index (χ1v) is 9.56. The second-order valence-electron chi connectivity index (χ2n) is 5.67. The van der Waals surface area contributed by atoms with Crippen LogP contribution in [0.1, 0.15) is 28.6 Å². The predicted molar refractivity (Wildman–Crippen MR) is 96.9 cm³/mol. The summed E-state index contributed by atoms with van der Waals surface area (Å²) in [5.41, 5.74) is 2.15. The van der Waals surface area contributed by atoms with E-state index in [-0.39, 0.29) is 6.04 Å². The van der Waals surface area contributed by atoms with Gasteiger partial charge in [-0.15, -0.1) is 0 Å². The molecule has 128 valence electrons. The average molecular weight is 354 g/mol. The molecule has 0 radical (unpaired) electrons. The Hall–Kier alpha value is -2.30. The van der Waals surface area contributed by atoms with Gasteiger partial charge in [0.25, 0.3) is 0 Å². The lowest BCUT2D eigenvalue weighted by atomic mass is 9.98. The summed E-state index contributed by atoms with van der Waals surface area (Å²) in [5, 5.41) is 3.12. The molecular formula is C19H19N2O3P. The Morgan fingerprint density at radius 3 is 1.76 bits per heavy atom. The fourth-order valence-corrected chi connectivity index (χ4v) is 3.57. The number of nitrogens with zero attached hydrogens (tertiary/aromatic N) is 1. The van der Waals surface area contributed by atoms with Crippen LogP contribution < -0.4 is 5.32 Å². The molecule has 0 saturated carbocycles. The minimum atomic E-state index is -4.47. The Morgan fingerprint density at radius 1 is 0.800 bits per heavy atom. The molecule has 3 aromatic rings. The number of benzene rings is 2. The molecule has 0 aliphatic carbocycles. The van der Waals surface area contributed by atoms with Gasteiger partial charge in [0, 0.05) is 6.20 Å². The summed E-state index contributed by atoms with van der Waals surface area (Å²) in [6, 6.07) is 23.8. The Morgan fingerprint density at radius 2 is 1.32 bits per heavy atom. The van der Waals surface area contributed by atoms with Gasteiger partial charge < -0.3 is 9.79 Å². The molecule has 0 bridgehead atoms. The highest BCUT2D eigenvalue weighted by molar-refractivity contribution is 7.52. The fourth-order valence-electron chi connectivity index (χ4n) is 2.73. The van der Waals surface area contributed by atoms with Crippen molar-refractivity contribution in [3.05, 3.63) is 102 Å². The summed E-state index contributed by atoms with van der Waals surface area (Å²) in [6.07, 6.45) is 1.53. The van der Waals surface area contributed by atoms with Crippen LogP contribution in [0.15, 0.2) is 85.1 Å². The first kappa shape index (κ1) is 17.5. The maximum absolute atomic E-state index is 12.1. The van der Waals surface area contributed by atoms with Gasteiger partial charge in [0.15, 0.2) is 5.78 Å². The second-order valence-corrected chi connectivity index (χ2v) is 7.36. The number of hydrogen-bond acceptors (Lipinski definition) is 3. The molecule has 0 aliphatic heterocycles. The summed E-state index contributed by atoms with van der Waals surface area (Å²) in [5.74, 6) is -1.20. The van der Waals surface area contributed by atoms with Crippen LogP contribution in [0.5, 0.6) is 0 Å². The van der Waals surface area contributed by atoms with Crippen LogP contribution in [0, 0.1) is 0 Å². The van der Waals surface area contributed by atoms with Gasteiger partial charge in [-0.1, -0.05) is 66.7 Å². The Labute approximate surface area is 146 Å². The van der Waals surface area contributed by atoms with Gasteiger partial charge in [0.05, 0.1) is 11.7 Å². The van der Waals surface area contributed by atoms with E-state index in [2.05, 4.69) is 10.3 Å². The molecule has 2 aromatic carbocycles. The molecule has 1 atom stereocenters. The normalized spacial score (nSPS) is 12.9. The van der Waals surface area contributed by atoms with E-state index in [4.69, 9.17) is 0 Å². The molecule has 1 heterocycles. The zero-order chi connectivity index (χ0) is 17.7. The van der Waals surface area contributed by atoms with E-state index in [1.807, 2.05) is 60.7 Å². The highest BCUT2D eigenvalue weighted by Crippen LogP contribution is 2.50. The molecular weight excluding hydrogens is 335 g/mol. The molecule has 3 rings (SSSR count). The molecule has 1 unspecified atom stereocenters. The van der Waals surface area contributed by atoms with Gasteiger partial charge in [-0.25, -0.2) is 0 Å². The van der Waals surface area contributed by atoms with Crippen LogP contribution in [0.3, 0.4) is 0 Å². The van der Waals surface area contributed by atoms with E-state index in [0.29, 0.717) is 5.69 Å². The Kier molecular flexibility index (Phi) is 5.41. The lowest BCUT2D eigenvalue weighted by molar-refractivity contribution is 0.341. The lowest BCUT2D eigenvalue weighted by Gasteiger charge is -2.27. The first-order chi connectivity index (χ1) is 12.1. The van der Waals surface area contributed by atoms with Gasteiger partial charge in [0.1, 0.15) is 0 Å². The van der Waals surface area contributed by atoms with Crippen molar-refractivity contribution in [1.82, 2.24) is 10.3 Å². The van der Waals surface area contributed by atoms with Crippen LogP contribution >= 0.6 is 7.60 Å². The molecule has 5 nitrogen and oxygen atoms in total. The molecule has 0 aliphatic rings. The van der Waals surface area contributed by atoms with Crippen LogP contribution in [-0.4, -0.2) is 14.8 Å². The third-order valence-electron chi connectivity index (χ3n) is 3.89. The SMILES string of the molecule is O=P(O)(O)C(NC(c1ccccc1)c1ccccc1)c1ccccn1. The molecule has 0 amide bonds. The summed E-state index contributed by atoms with van der Waals surface area (Å²) in [7, 11) is -4.47. The van der Waals surface area contributed by atoms with Crippen molar-refractivity contribution in [2.24, 2.45) is 0 Å². The van der Waals surface area contributed by atoms with E-state index in [0.717, 1.165) is 11.1 Å². The van der Waals surface area contributed by atoms with Crippen molar-refractivity contribution >= 4 is 7.60 Å². The summed E-state index contributed by atoms with van der Waals surface area (Å²) >= 11 is 0. The van der Waals surface area contributed by atoms with Gasteiger partial charge in [-0.05, 0) is 23.3 Å². The monoisotopic (exact) mass is 354 g/mol. The van der Waals surface area contributed by atoms with Crippen molar-refractivity contribution in [2.45, 2.75) is 11.8 Å². The molecule has 0 saturated heterocycles. The molecule has 0 spiro atoms. The molecule has 3 N–H and O–H groups in total. The third-order valence-corrected chi connectivity index (χ3v) is 4.98. The van der Waals surface area contributed by atoms with E-state index in [1.165, 1.54) is 6.20 Å². The number of rotatable bonds is 6. The average Bonchev–Trinajstić information content (AvgIpc) is 2.63. The maximum Gasteiger partial charge on any atom is 0.348 e. The molecule has 25 heavy (non-hydrogen) atoms. The largest absolute Gasteiger partial charge is 0.348 e. The summed E-state index contributed by atoms with van der Waals surface area (Å²) in [4.78, 5) is 23.9. The van der Waals surface area contributed by atoms with Crippen LogP contribution in [0.2, 0.25) is 0 Å². The quantitative estimate of drug-likeness (QED) is 0.589. The summed E-state index contributed by atoms with van der Waals surface area (Å²) in [6.45, 7) is 0. The fraction of sp³-hybridized carbons (Fsp3) is 0.105. The highest BCUT2D eigenvalue weighted by Gasteiger charge is 2.34. The predicted octanol–water partition coefficient (Wildman–Crippen LogP) is 3.64. The van der Waals surface area contributed by atoms with Crippen molar-refractivity contribution in [3.8, 4) is 0 Å². The van der Waals surface area contributed by atoms with E-state index in [9.17, 15) is 14.4 Å². The minimum absolute atomic E-state index is 0.313. The van der Waals surface area contributed by atoms with Crippen molar-refractivity contribution < 1.29 is 14.4 Å². The van der Waals surface area contributed by atoms with Gasteiger partial charge >= 0.3 is 7.60 Å². The highest BCUT2D eigenvalue weighted by atomic mass is 31.2. The zero-order valence-electron chi connectivity index (χ0n) is 13.4. The van der Waals surface area contributed by atoms with Crippen molar-refractivity contribution in [1.29, 1.82) is 0 Å². The van der Waals surface area contributed by atoms with Crippen molar-refractivity contribution in [2.75, 3.05) is 0 Å². The number of nitrogens with one attached hydrogen (secondary N) is 1. The molecule has 1 aromatic heterocycles. The van der Waals surface area contributed by atoms with E-state index in [1.54, 1.807) is 18.2 Å². The third kappa shape index (κ3) is 4.41. The molecule has 6 heteroatoms. The number of hydrogen-bond donors (Lipinski definition) is 3. The second kappa shape index (κ2) is 7.72. The standard InChI is InChI=1S/C19H19N2O3P/c22-25(23,24)19(17-13-7-8-14-20-17)21-18(15-9-3-1-4-10-15)16-11-5-2-6-12-16/h1-14,18-19,21H,(H2,22,23,24). The number of aromatic nitrogens is 1. The van der Waals surface area contributed by atoms with Gasteiger partial charge in [0.2, 0.25) is 0 Å². The van der Waals surface area contributed by atoms with Crippen LogP contribution in [0.4, 0.5) is 0 Å². The lowest BCUT2D eigenvalue weighted by Crippen LogP contribution is -2.28.